The van der Waals surface area contributed by atoms with Crippen molar-refractivity contribution in [2.24, 2.45) is 5.84 Å². The highest BCUT2D eigenvalue weighted by Gasteiger charge is 2.18. The third-order valence-electron chi connectivity index (χ3n) is 2.96. The molecule has 0 radical (unpaired) electrons. The fourth-order valence-corrected chi connectivity index (χ4v) is 1.93. The van der Waals surface area contributed by atoms with Gasteiger partial charge in [0.15, 0.2) is 11.6 Å². The summed E-state index contributed by atoms with van der Waals surface area (Å²) in [5.41, 5.74) is 2.91. The first-order valence-corrected chi connectivity index (χ1v) is 5.81. The number of halogens is 3. The van der Waals surface area contributed by atoms with E-state index in [0.717, 1.165) is 12.1 Å². The summed E-state index contributed by atoms with van der Waals surface area (Å²) in [6, 6.07) is 6.71. The number of hydrazine groups is 1. The molecule has 3 nitrogen and oxygen atoms in total. The summed E-state index contributed by atoms with van der Waals surface area (Å²) >= 11 is 0. The van der Waals surface area contributed by atoms with E-state index in [9.17, 15) is 13.2 Å². The van der Waals surface area contributed by atoms with Gasteiger partial charge in [-0.1, -0.05) is 12.1 Å². The van der Waals surface area contributed by atoms with E-state index < -0.39 is 23.5 Å². The molecule has 0 fully saturated rings. The molecule has 0 heterocycles. The summed E-state index contributed by atoms with van der Waals surface area (Å²) in [6.45, 7) is 0. The fourth-order valence-electron chi connectivity index (χ4n) is 1.93. The first-order chi connectivity index (χ1) is 9.56. The van der Waals surface area contributed by atoms with Gasteiger partial charge >= 0.3 is 0 Å². The molecule has 0 amide bonds. The van der Waals surface area contributed by atoms with Gasteiger partial charge in [-0.15, -0.1) is 0 Å². The molecule has 3 N–H and O–H groups in total. The molecule has 0 aliphatic heterocycles. The van der Waals surface area contributed by atoms with Crippen LogP contribution in [0.3, 0.4) is 0 Å². The maximum atomic E-state index is 14.0. The molecule has 1 atom stereocenters. The molecular formula is C14H13F3N2O. The van der Waals surface area contributed by atoms with Crippen LogP contribution >= 0.6 is 0 Å². The number of nitrogens with one attached hydrogen (secondary N) is 1. The van der Waals surface area contributed by atoms with Gasteiger partial charge in [0.1, 0.15) is 11.6 Å². The van der Waals surface area contributed by atoms with E-state index in [0.29, 0.717) is 11.3 Å². The molecule has 2 aromatic rings. The molecule has 0 aliphatic rings. The molecule has 2 rings (SSSR count). The first-order valence-electron chi connectivity index (χ1n) is 5.81. The Morgan fingerprint density at radius 1 is 1.00 bits per heavy atom. The second kappa shape index (κ2) is 5.94. The second-order valence-electron chi connectivity index (χ2n) is 4.16. The lowest BCUT2D eigenvalue weighted by atomic mass is 9.98. The van der Waals surface area contributed by atoms with Crippen LogP contribution in [0.25, 0.3) is 0 Å². The van der Waals surface area contributed by atoms with Crippen molar-refractivity contribution < 1.29 is 17.9 Å². The number of nitrogens with two attached hydrogens (primary N) is 1. The lowest BCUT2D eigenvalue weighted by molar-refractivity contribution is 0.410. The van der Waals surface area contributed by atoms with Crippen molar-refractivity contribution in [2.45, 2.75) is 6.04 Å². The molecule has 0 spiro atoms. The monoisotopic (exact) mass is 282 g/mol. The second-order valence-corrected chi connectivity index (χ2v) is 4.16. The molecule has 0 saturated carbocycles. The van der Waals surface area contributed by atoms with Crippen LogP contribution < -0.4 is 16.0 Å². The highest BCUT2D eigenvalue weighted by atomic mass is 19.2. The van der Waals surface area contributed by atoms with E-state index in [2.05, 4.69) is 5.43 Å². The average molecular weight is 282 g/mol. The SMILES string of the molecule is COc1ccc(C(NN)c2ccc(F)c(F)c2)c(F)c1. The molecule has 6 heteroatoms. The van der Waals surface area contributed by atoms with E-state index in [1.807, 2.05) is 0 Å². The Bertz CT molecular complexity index is 619. The lowest BCUT2D eigenvalue weighted by Crippen LogP contribution is -2.29. The zero-order valence-corrected chi connectivity index (χ0v) is 10.7. The third-order valence-corrected chi connectivity index (χ3v) is 2.96. The maximum absolute atomic E-state index is 14.0. The summed E-state index contributed by atoms with van der Waals surface area (Å²) in [4.78, 5) is 0. The van der Waals surface area contributed by atoms with Crippen LogP contribution in [0.1, 0.15) is 17.2 Å². The summed E-state index contributed by atoms with van der Waals surface area (Å²) in [6.07, 6.45) is 0. The first kappa shape index (κ1) is 14.4. The van der Waals surface area contributed by atoms with Gasteiger partial charge < -0.3 is 4.74 Å². The van der Waals surface area contributed by atoms with Crippen molar-refractivity contribution in [2.75, 3.05) is 7.11 Å². The Kier molecular flexibility index (Phi) is 4.26. The third kappa shape index (κ3) is 2.76. The van der Waals surface area contributed by atoms with Crippen LogP contribution in [-0.2, 0) is 0 Å². The summed E-state index contributed by atoms with van der Waals surface area (Å²) in [7, 11) is 1.42. The molecular weight excluding hydrogens is 269 g/mol. The maximum Gasteiger partial charge on any atom is 0.159 e. The number of benzene rings is 2. The Morgan fingerprint density at radius 3 is 2.30 bits per heavy atom. The fraction of sp³-hybridized carbons (Fsp3) is 0.143. The summed E-state index contributed by atoms with van der Waals surface area (Å²) in [5.74, 6) is 3.21. The molecule has 20 heavy (non-hydrogen) atoms. The van der Waals surface area contributed by atoms with E-state index in [1.165, 1.54) is 25.3 Å². The molecule has 0 aliphatic carbocycles. The topological polar surface area (TPSA) is 47.3 Å². The molecule has 0 saturated heterocycles. The van der Waals surface area contributed by atoms with Crippen molar-refractivity contribution >= 4 is 0 Å². The Hall–Kier alpha value is -2.05. The molecule has 1 unspecified atom stereocenters. The highest BCUT2D eigenvalue weighted by molar-refractivity contribution is 5.36. The Balaban J connectivity index is 2.43. The Morgan fingerprint density at radius 2 is 1.75 bits per heavy atom. The standard InChI is InChI=1S/C14H13F3N2O/c1-20-9-3-4-10(12(16)7-9)14(19-18)8-2-5-11(15)13(17)6-8/h2-7,14,19H,18H2,1H3. The van der Waals surface area contributed by atoms with Gasteiger partial charge in [-0.25, -0.2) is 18.6 Å². The van der Waals surface area contributed by atoms with Crippen molar-refractivity contribution in [1.82, 2.24) is 5.43 Å². The van der Waals surface area contributed by atoms with Gasteiger partial charge in [-0.3, -0.25) is 5.84 Å². The van der Waals surface area contributed by atoms with E-state index in [4.69, 9.17) is 10.6 Å². The number of methoxy groups -OCH3 is 1. The van der Waals surface area contributed by atoms with Crippen molar-refractivity contribution in [1.29, 1.82) is 0 Å². The summed E-state index contributed by atoms with van der Waals surface area (Å²) < 4.78 is 45.1. The van der Waals surface area contributed by atoms with Crippen LogP contribution in [0.4, 0.5) is 13.2 Å². The number of rotatable bonds is 4. The minimum absolute atomic E-state index is 0.208. The minimum Gasteiger partial charge on any atom is -0.497 e. The van der Waals surface area contributed by atoms with Crippen LogP contribution in [0.15, 0.2) is 36.4 Å². The number of hydrogen-bond donors (Lipinski definition) is 2. The normalized spacial score (nSPS) is 12.2. The number of hydrogen-bond acceptors (Lipinski definition) is 3. The van der Waals surface area contributed by atoms with Crippen molar-refractivity contribution in [3.8, 4) is 5.75 Å². The van der Waals surface area contributed by atoms with E-state index >= 15 is 0 Å². The van der Waals surface area contributed by atoms with Gasteiger partial charge in [0.2, 0.25) is 0 Å². The van der Waals surface area contributed by atoms with Crippen molar-refractivity contribution in [3.63, 3.8) is 0 Å². The van der Waals surface area contributed by atoms with E-state index in [-0.39, 0.29) is 5.56 Å². The smallest absolute Gasteiger partial charge is 0.159 e. The highest BCUT2D eigenvalue weighted by Crippen LogP contribution is 2.27. The van der Waals surface area contributed by atoms with E-state index in [1.54, 1.807) is 6.07 Å². The van der Waals surface area contributed by atoms with Gasteiger partial charge in [0.05, 0.1) is 13.2 Å². The minimum atomic E-state index is -1.02. The largest absolute Gasteiger partial charge is 0.497 e. The van der Waals surface area contributed by atoms with Crippen LogP contribution in [0, 0.1) is 17.5 Å². The zero-order chi connectivity index (χ0) is 14.7. The molecule has 106 valence electrons. The van der Waals surface area contributed by atoms with Crippen LogP contribution in [-0.4, -0.2) is 7.11 Å². The molecule has 0 bridgehead atoms. The zero-order valence-electron chi connectivity index (χ0n) is 10.7. The van der Waals surface area contributed by atoms with Gasteiger partial charge in [0, 0.05) is 11.6 Å². The van der Waals surface area contributed by atoms with Crippen molar-refractivity contribution in [3.05, 3.63) is 65.0 Å². The molecule has 2 aromatic carbocycles. The van der Waals surface area contributed by atoms with Crippen LogP contribution in [0.2, 0.25) is 0 Å². The quantitative estimate of drug-likeness (QED) is 0.669. The predicted molar refractivity (Wildman–Crippen MR) is 68.5 cm³/mol. The predicted octanol–water partition coefficient (Wildman–Crippen LogP) is 2.67. The number of ether oxygens (including phenoxy) is 1. The average Bonchev–Trinajstić information content (AvgIpc) is 2.45. The Labute approximate surface area is 114 Å². The van der Waals surface area contributed by atoms with Gasteiger partial charge in [0.25, 0.3) is 0 Å². The molecule has 0 aromatic heterocycles. The van der Waals surface area contributed by atoms with Gasteiger partial charge in [-0.2, -0.15) is 0 Å². The van der Waals surface area contributed by atoms with Crippen LogP contribution in [0.5, 0.6) is 5.75 Å². The van der Waals surface area contributed by atoms with Gasteiger partial charge in [-0.05, 0) is 23.8 Å². The summed E-state index contributed by atoms with van der Waals surface area (Å²) in [5, 5.41) is 0. The lowest BCUT2D eigenvalue weighted by Gasteiger charge is -2.18.